The number of nitrogens with zero attached hydrogens (tertiary/aromatic N) is 2. The van der Waals surface area contributed by atoms with Crippen LogP contribution < -0.4 is 15.6 Å². The molecule has 2 aromatic heterocycles. The maximum Gasteiger partial charge on any atom is 0.322 e. The number of aliphatic carboxylic acids is 1. The summed E-state index contributed by atoms with van der Waals surface area (Å²) in [7, 11) is 1.53. The van der Waals surface area contributed by atoms with Crippen molar-refractivity contribution in [2.45, 2.75) is 26.9 Å². The normalized spacial score (nSPS) is 11.0. The Morgan fingerprint density at radius 3 is 2.63 bits per heavy atom. The van der Waals surface area contributed by atoms with Crippen molar-refractivity contribution < 1.29 is 19.4 Å². The van der Waals surface area contributed by atoms with Gasteiger partial charge in [0.05, 0.1) is 6.10 Å². The summed E-state index contributed by atoms with van der Waals surface area (Å²) in [5, 5.41) is 11.7. The first-order valence-corrected chi connectivity index (χ1v) is 9.45. The van der Waals surface area contributed by atoms with Crippen LogP contribution in [0.15, 0.2) is 41.3 Å². The third-order valence-electron chi connectivity index (χ3n) is 4.65. The van der Waals surface area contributed by atoms with Crippen LogP contribution in [0.4, 0.5) is 0 Å². The molecule has 30 heavy (non-hydrogen) atoms. The zero-order valence-corrected chi connectivity index (χ0v) is 17.2. The van der Waals surface area contributed by atoms with E-state index in [0.717, 1.165) is 16.9 Å². The number of fused-ring (bicyclic) bond motifs is 1. The SMILES string of the molecule is Cc1c(C(=O)NCC(=O)O)c(=O)n(C)c2ncc(-c3cccc(OC(C)C)c3)cc12. The summed E-state index contributed by atoms with van der Waals surface area (Å²) in [4.78, 5) is 40.4. The van der Waals surface area contributed by atoms with Gasteiger partial charge in [-0.15, -0.1) is 0 Å². The Labute approximate surface area is 173 Å². The van der Waals surface area contributed by atoms with Gasteiger partial charge < -0.3 is 15.2 Å². The topological polar surface area (TPSA) is 111 Å². The van der Waals surface area contributed by atoms with Gasteiger partial charge in [-0.25, -0.2) is 4.98 Å². The van der Waals surface area contributed by atoms with Gasteiger partial charge in [-0.3, -0.25) is 19.0 Å². The smallest absolute Gasteiger partial charge is 0.322 e. The van der Waals surface area contributed by atoms with Gasteiger partial charge >= 0.3 is 5.97 Å². The van der Waals surface area contributed by atoms with Crippen LogP contribution in [0.2, 0.25) is 0 Å². The summed E-state index contributed by atoms with van der Waals surface area (Å²) in [5.74, 6) is -1.19. The number of ether oxygens (including phenoxy) is 1. The number of amides is 1. The molecule has 0 radical (unpaired) electrons. The van der Waals surface area contributed by atoms with Crippen molar-refractivity contribution >= 4 is 22.9 Å². The Morgan fingerprint density at radius 1 is 1.23 bits per heavy atom. The van der Waals surface area contributed by atoms with E-state index in [9.17, 15) is 14.4 Å². The lowest BCUT2D eigenvalue weighted by Crippen LogP contribution is -2.36. The molecule has 8 nitrogen and oxygen atoms in total. The molecule has 0 bridgehead atoms. The second kappa shape index (κ2) is 8.36. The Bertz CT molecular complexity index is 1200. The number of aromatic nitrogens is 2. The summed E-state index contributed by atoms with van der Waals surface area (Å²) >= 11 is 0. The number of benzene rings is 1. The van der Waals surface area contributed by atoms with Gasteiger partial charge in [-0.05, 0) is 50.1 Å². The van der Waals surface area contributed by atoms with Crippen molar-refractivity contribution in [3.8, 4) is 16.9 Å². The van der Waals surface area contributed by atoms with E-state index >= 15 is 0 Å². The minimum absolute atomic E-state index is 0.0404. The summed E-state index contributed by atoms with van der Waals surface area (Å²) < 4.78 is 7.04. The molecule has 0 atom stereocenters. The third-order valence-corrected chi connectivity index (χ3v) is 4.65. The van der Waals surface area contributed by atoms with Gasteiger partial charge in [-0.1, -0.05) is 12.1 Å². The number of aryl methyl sites for hydroxylation is 2. The second-order valence-corrected chi connectivity index (χ2v) is 7.23. The number of carbonyl (C=O) groups is 2. The Hall–Kier alpha value is -3.68. The van der Waals surface area contributed by atoms with E-state index in [2.05, 4.69) is 10.3 Å². The zero-order chi connectivity index (χ0) is 22.0. The van der Waals surface area contributed by atoms with E-state index in [1.54, 1.807) is 13.1 Å². The predicted molar refractivity (Wildman–Crippen MR) is 113 cm³/mol. The van der Waals surface area contributed by atoms with Crippen molar-refractivity contribution in [2.75, 3.05) is 6.54 Å². The number of hydrogen-bond acceptors (Lipinski definition) is 5. The minimum Gasteiger partial charge on any atom is -0.491 e. The molecule has 0 fully saturated rings. The van der Waals surface area contributed by atoms with Gasteiger partial charge in [-0.2, -0.15) is 0 Å². The number of hydrogen-bond donors (Lipinski definition) is 2. The molecule has 0 aliphatic heterocycles. The molecule has 3 rings (SSSR count). The van der Waals surface area contributed by atoms with Crippen molar-refractivity contribution in [3.63, 3.8) is 0 Å². The van der Waals surface area contributed by atoms with Gasteiger partial charge in [0.25, 0.3) is 11.5 Å². The van der Waals surface area contributed by atoms with Gasteiger partial charge in [0, 0.05) is 24.2 Å². The van der Waals surface area contributed by atoms with Crippen molar-refractivity contribution in [1.82, 2.24) is 14.9 Å². The van der Waals surface area contributed by atoms with E-state index in [0.29, 0.717) is 16.6 Å². The highest BCUT2D eigenvalue weighted by Gasteiger charge is 2.20. The van der Waals surface area contributed by atoms with Crippen LogP contribution in [-0.4, -0.2) is 39.2 Å². The number of pyridine rings is 2. The average Bonchev–Trinajstić information content (AvgIpc) is 2.70. The number of nitrogens with one attached hydrogen (secondary N) is 1. The summed E-state index contributed by atoms with van der Waals surface area (Å²) in [6.45, 7) is 4.99. The molecule has 2 heterocycles. The number of rotatable bonds is 6. The van der Waals surface area contributed by atoms with E-state index in [4.69, 9.17) is 9.84 Å². The molecule has 1 amide bonds. The standard InChI is InChI=1S/C22H23N3O5/c1-12(2)30-16-7-5-6-14(8-16)15-9-17-13(3)19(21(28)24-11-18(26)27)22(29)25(4)20(17)23-10-15/h5-10,12H,11H2,1-4H3,(H,24,28)(H,26,27). The van der Waals surface area contributed by atoms with Crippen LogP contribution in [0, 0.1) is 6.92 Å². The molecule has 0 spiro atoms. The van der Waals surface area contributed by atoms with Crippen LogP contribution >= 0.6 is 0 Å². The number of carboxylic acid groups (broad SMARTS) is 1. The molecule has 2 N–H and O–H groups in total. The molecule has 0 saturated carbocycles. The summed E-state index contributed by atoms with van der Waals surface area (Å²) in [6.07, 6.45) is 1.71. The predicted octanol–water partition coefficient (Wildman–Crippen LogP) is 2.51. The molecular weight excluding hydrogens is 386 g/mol. The molecule has 3 aromatic rings. The Morgan fingerprint density at radius 2 is 1.97 bits per heavy atom. The number of carbonyl (C=O) groups excluding carboxylic acids is 1. The van der Waals surface area contributed by atoms with E-state index in [-0.39, 0.29) is 11.7 Å². The average molecular weight is 409 g/mol. The lowest BCUT2D eigenvalue weighted by Gasteiger charge is -2.14. The maximum absolute atomic E-state index is 12.7. The van der Waals surface area contributed by atoms with Gasteiger partial charge in [0.15, 0.2) is 0 Å². The van der Waals surface area contributed by atoms with Crippen LogP contribution in [0.3, 0.4) is 0 Å². The third kappa shape index (κ3) is 4.17. The molecule has 1 aromatic carbocycles. The van der Waals surface area contributed by atoms with Crippen LogP contribution in [-0.2, 0) is 11.8 Å². The van der Waals surface area contributed by atoms with Gasteiger partial charge in [0.1, 0.15) is 23.5 Å². The van der Waals surface area contributed by atoms with E-state index in [1.807, 2.05) is 44.2 Å². The lowest BCUT2D eigenvalue weighted by molar-refractivity contribution is -0.135. The highest BCUT2D eigenvalue weighted by atomic mass is 16.5. The molecular formula is C22H23N3O5. The lowest BCUT2D eigenvalue weighted by atomic mass is 10.0. The van der Waals surface area contributed by atoms with Crippen molar-refractivity contribution in [1.29, 1.82) is 0 Å². The van der Waals surface area contributed by atoms with Crippen LogP contribution in [0.5, 0.6) is 5.75 Å². The minimum atomic E-state index is -1.19. The Balaban J connectivity index is 2.13. The quantitative estimate of drug-likeness (QED) is 0.647. The first kappa shape index (κ1) is 21.0. The van der Waals surface area contributed by atoms with Crippen molar-refractivity contribution in [3.05, 3.63) is 58.0 Å². The molecule has 0 aliphatic rings. The fraction of sp³-hybridized carbons (Fsp3) is 0.273. The van der Waals surface area contributed by atoms with Crippen LogP contribution in [0.1, 0.15) is 29.8 Å². The second-order valence-electron chi connectivity index (χ2n) is 7.23. The van der Waals surface area contributed by atoms with Crippen LogP contribution in [0.25, 0.3) is 22.2 Å². The first-order chi connectivity index (χ1) is 14.2. The van der Waals surface area contributed by atoms with Crippen molar-refractivity contribution in [2.24, 2.45) is 7.05 Å². The Kier molecular flexibility index (Phi) is 5.86. The fourth-order valence-electron chi connectivity index (χ4n) is 3.25. The zero-order valence-electron chi connectivity index (χ0n) is 17.2. The molecule has 8 heteroatoms. The maximum atomic E-state index is 12.7. The summed E-state index contributed by atoms with van der Waals surface area (Å²) in [6, 6.07) is 9.45. The first-order valence-electron chi connectivity index (χ1n) is 9.45. The van der Waals surface area contributed by atoms with E-state index < -0.39 is 24.0 Å². The molecule has 0 aliphatic carbocycles. The van der Waals surface area contributed by atoms with E-state index in [1.165, 1.54) is 11.6 Å². The molecule has 156 valence electrons. The highest BCUT2D eigenvalue weighted by molar-refractivity contribution is 6.01. The fourth-order valence-corrected chi connectivity index (χ4v) is 3.25. The number of carboxylic acids is 1. The molecule has 0 unspecified atom stereocenters. The largest absolute Gasteiger partial charge is 0.491 e. The monoisotopic (exact) mass is 409 g/mol. The summed E-state index contributed by atoms with van der Waals surface area (Å²) in [5.41, 5.74) is 1.94. The highest BCUT2D eigenvalue weighted by Crippen LogP contribution is 2.28. The van der Waals surface area contributed by atoms with Gasteiger partial charge in [0.2, 0.25) is 0 Å². The molecule has 0 saturated heterocycles.